The van der Waals surface area contributed by atoms with Gasteiger partial charge in [-0.05, 0) is 26.0 Å². The van der Waals surface area contributed by atoms with Crippen LogP contribution in [-0.4, -0.2) is 68.7 Å². The summed E-state index contributed by atoms with van der Waals surface area (Å²) in [6.45, 7) is 11.4. The third-order valence-corrected chi connectivity index (χ3v) is 5.53. The van der Waals surface area contributed by atoms with Gasteiger partial charge in [-0.25, -0.2) is 9.59 Å². The van der Waals surface area contributed by atoms with Crippen molar-refractivity contribution in [2.24, 2.45) is 5.92 Å². The van der Waals surface area contributed by atoms with Crippen LogP contribution < -0.4 is 5.32 Å². The van der Waals surface area contributed by atoms with Crippen molar-refractivity contribution in [3.8, 4) is 0 Å². The van der Waals surface area contributed by atoms with Crippen LogP contribution in [0.4, 0.5) is 5.00 Å². The highest BCUT2D eigenvalue weighted by molar-refractivity contribution is 7.18. The second kappa shape index (κ2) is 12.9. The lowest BCUT2D eigenvalue weighted by atomic mass is 10.1. The van der Waals surface area contributed by atoms with Crippen molar-refractivity contribution in [3.63, 3.8) is 0 Å². The van der Waals surface area contributed by atoms with Crippen LogP contribution in [0.1, 0.15) is 46.4 Å². The molecule has 1 rings (SSSR count). The molecule has 10 heteroatoms. The van der Waals surface area contributed by atoms with Crippen LogP contribution in [-0.2, 0) is 23.8 Å². The summed E-state index contributed by atoms with van der Waals surface area (Å²) >= 11 is 0.950. The first-order valence-electron chi connectivity index (χ1n) is 9.88. The molecule has 1 aromatic heterocycles. The smallest absolute Gasteiger partial charge is 0.348 e. The summed E-state index contributed by atoms with van der Waals surface area (Å²) in [4.78, 5) is 51.1. The number of hydrogen-bond donors (Lipinski definition) is 1. The monoisotopic (exact) mass is 454 g/mol. The number of carbonyl (C=O) groups excluding carboxylic acids is 4. The van der Waals surface area contributed by atoms with Crippen LogP contribution in [0.25, 0.3) is 0 Å². The second-order valence-corrected chi connectivity index (χ2v) is 7.69. The molecule has 1 atom stereocenters. The predicted octanol–water partition coefficient (Wildman–Crippen LogP) is 2.65. The van der Waals surface area contributed by atoms with Gasteiger partial charge in [-0.15, -0.1) is 11.3 Å². The van der Waals surface area contributed by atoms with Crippen molar-refractivity contribution in [1.82, 2.24) is 4.90 Å². The van der Waals surface area contributed by atoms with Crippen molar-refractivity contribution in [2.45, 2.75) is 27.7 Å². The minimum atomic E-state index is -0.638. The number of nitrogens with zero attached hydrogens (tertiary/aromatic N) is 1. The summed E-state index contributed by atoms with van der Waals surface area (Å²) in [5.41, 5.74) is 0.496. The van der Waals surface area contributed by atoms with Gasteiger partial charge in [0.15, 0.2) is 0 Å². The molecule has 1 unspecified atom stereocenters. The van der Waals surface area contributed by atoms with E-state index in [4.69, 9.17) is 14.2 Å². The Kier molecular flexibility index (Phi) is 10.9. The fraction of sp³-hybridized carbons (Fsp3) is 0.524. The van der Waals surface area contributed by atoms with E-state index >= 15 is 0 Å². The van der Waals surface area contributed by atoms with Gasteiger partial charge in [0.25, 0.3) is 0 Å². The molecule has 172 valence electrons. The molecule has 0 radical (unpaired) electrons. The summed E-state index contributed by atoms with van der Waals surface area (Å²) in [5.74, 6) is -2.41. The number of amides is 1. The number of methoxy groups -OCH3 is 1. The summed E-state index contributed by atoms with van der Waals surface area (Å²) < 4.78 is 14.9. The first-order chi connectivity index (χ1) is 14.7. The number of nitrogens with one attached hydrogen (secondary N) is 1. The molecule has 0 spiro atoms. The Balaban J connectivity index is 3.06. The van der Waals surface area contributed by atoms with Gasteiger partial charge < -0.3 is 19.5 Å². The van der Waals surface area contributed by atoms with Crippen molar-refractivity contribution < 1.29 is 33.4 Å². The predicted molar refractivity (Wildman–Crippen MR) is 117 cm³/mol. The molecule has 31 heavy (non-hydrogen) atoms. The molecule has 1 aromatic rings. The van der Waals surface area contributed by atoms with Crippen molar-refractivity contribution in [2.75, 3.05) is 45.3 Å². The Labute approximate surface area is 186 Å². The molecule has 0 aromatic carbocycles. The van der Waals surface area contributed by atoms with Crippen molar-refractivity contribution in [1.29, 1.82) is 0 Å². The molecule has 1 amide bonds. The molecule has 0 fully saturated rings. The van der Waals surface area contributed by atoms with E-state index in [9.17, 15) is 19.2 Å². The van der Waals surface area contributed by atoms with E-state index in [1.807, 2.05) is 6.92 Å². The normalized spacial score (nSPS) is 11.5. The number of thiophene rings is 1. The number of esters is 3. The standard InChI is InChI=1S/C21H30N2O7S/c1-7-10-30-21(27)17-14(5)16(20(26)29-9-3)18(31-17)22-15(24)12-23(8-2)11-13(4)19(25)28-6/h7,13H,1,8-12H2,2-6H3,(H,22,24). The number of carbonyl (C=O) groups is 4. The fourth-order valence-corrected chi connectivity index (χ4v) is 3.89. The zero-order chi connectivity index (χ0) is 23.6. The fourth-order valence-electron chi connectivity index (χ4n) is 2.78. The van der Waals surface area contributed by atoms with Crippen molar-refractivity contribution >= 4 is 40.2 Å². The van der Waals surface area contributed by atoms with Crippen LogP contribution in [0.3, 0.4) is 0 Å². The number of hydrogen-bond acceptors (Lipinski definition) is 9. The molecule has 0 saturated carbocycles. The number of anilines is 1. The molecule has 0 saturated heterocycles. The Morgan fingerprint density at radius 2 is 1.87 bits per heavy atom. The molecule has 0 aliphatic heterocycles. The van der Waals surface area contributed by atoms with E-state index in [1.165, 1.54) is 13.2 Å². The zero-order valence-electron chi connectivity index (χ0n) is 18.6. The van der Waals surface area contributed by atoms with Gasteiger partial charge in [0.2, 0.25) is 5.91 Å². The lowest BCUT2D eigenvalue weighted by molar-refractivity contribution is -0.145. The lowest BCUT2D eigenvalue weighted by Crippen LogP contribution is -2.38. The maximum Gasteiger partial charge on any atom is 0.348 e. The molecular weight excluding hydrogens is 424 g/mol. The minimum absolute atomic E-state index is 0.00666. The second-order valence-electron chi connectivity index (χ2n) is 6.67. The highest BCUT2D eigenvalue weighted by Crippen LogP contribution is 2.34. The third kappa shape index (κ3) is 7.48. The average Bonchev–Trinajstić information content (AvgIpc) is 3.06. The van der Waals surface area contributed by atoms with Crippen LogP contribution >= 0.6 is 11.3 Å². The van der Waals surface area contributed by atoms with Crippen molar-refractivity contribution in [3.05, 3.63) is 28.7 Å². The van der Waals surface area contributed by atoms with E-state index in [-0.39, 0.29) is 41.2 Å². The SMILES string of the molecule is C=CCOC(=O)c1sc(NC(=O)CN(CC)CC(C)C(=O)OC)c(C(=O)OCC)c1C. The number of likely N-dealkylation sites (N-methyl/N-ethyl adjacent to an activating group) is 1. The first-order valence-corrected chi connectivity index (χ1v) is 10.7. The van der Waals surface area contributed by atoms with Gasteiger partial charge in [-0.1, -0.05) is 26.5 Å². The Bertz CT molecular complexity index is 819. The molecule has 0 aliphatic rings. The van der Waals surface area contributed by atoms with E-state index in [0.717, 1.165) is 11.3 Å². The van der Waals surface area contributed by atoms with Crippen LogP contribution in [0.2, 0.25) is 0 Å². The van der Waals surface area contributed by atoms with Gasteiger partial charge in [-0.2, -0.15) is 0 Å². The molecule has 0 aliphatic carbocycles. The summed E-state index contributed by atoms with van der Waals surface area (Å²) in [5, 5.41) is 2.91. The average molecular weight is 455 g/mol. The zero-order valence-corrected chi connectivity index (χ0v) is 19.4. The van der Waals surface area contributed by atoms with Crippen LogP contribution in [0, 0.1) is 12.8 Å². The molecule has 9 nitrogen and oxygen atoms in total. The van der Waals surface area contributed by atoms with E-state index in [1.54, 1.807) is 25.7 Å². The highest BCUT2D eigenvalue weighted by atomic mass is 32.1. The number of rotatable bonds is 12. The number of ether oxygens (including phenoxy) is 3. The Morgan fingerprint density at radius 3 is 2.42 bits per heavy atom. The van der Waals surface area contributed by atoms with Gasteiger partial charge in [-0.3, -0.25) is 14.5 Å². The third-order valence-electron chi connectivity index (χ3n) is 4.35. The lowest BCUT2D eigenvalue weighted by Gasteiger charge is -2.22. The maximum atomic E-state index is 12.7. The maximum absolute atomic E-state index is 12.7. The quantitative estimate of drug-likeness (QED) is 0.291. The van der Waals surface area contributed by atoms with Crippen LogP contribution in [0.15, 0.2) is 12.7 Å². The largest absolute Gasteiger partial charge is 0.469 e. The highest BCUT2D eigenvalue weighted by Gasteiger charge is 2.28. The van der Waals surface area contributed by atoms with E-state index < -0.39 is 23.8 Å². The molecular formula is C21H30N2O7S. The summed E-state index contributed by atoms with van der Waals surface area (Å²) in [6, 6.07) is 0. The van der Waals surface area contributed by atoms with E-state index in [2.05, 4.69) is 11.9 Å². The van der Waals surface area contributed by atoms with Gasteiger partial charge in [0.05, 0.1) is 31.7 Å². The van der Waals surface area contributed by atoms with Gasteiger partial charge in [0, 0.05) is 6.54 Å². The van der Waals surface area contributed by atoms with E-state index in [0.29, 0.717) is 18.7 Å². The van der Waals surface area contributed by atoms with Gasteiger partial charge >= 0.3 is 17.9 Å². The summed E-state index contributed by atoms with van der Waals surface area (Å²) in [7, 11) is 1.31. The Morgan fingerprint density at radius 1 is 1.19 bits per heavy atom. The molecule has 1 N–H and O–H groups in total. The molecule has 1 heterocycles. The van der Waals surface area contributed by atoms with Gasteiger partial charge in [0.1, 0.15) is 16.5 Å². The first kappa shape index (κ1) is 26.3. The Hall–Kier alpha value is -2.72. The summed E-state index contributed by atoms with van der Waals surface area (Å²) in [6.07, 6.45) is 1.43. The minimum Gasteiger partial charge on any atom is -0.469 e. The molecule has 0 bridgehead atoms. The van der Waals surface area contributed by atoms with Crippen LogP contribution in [0.5, 0.6) is 0 Å². The topological polar surface area (TPSA) is 111 Å².